The van der Waals surface area contributed by atoms with E-state index in [1.54, 1.807) is 0 Å². The van der Waals surface area contributed by atoms with Crippen molar-refractivity contribution in [1.29, 1.82) is 0 Å². The van der Waals surface area contributed by atoms with E-state index < -0.39 is 0 Å². The molecule has 4 rings (SSSR count). The van der Waals surface area contributed by atoms with Crippen molar-refractivity contribution in [2.24, 2.45) is 11.7 Å². The molecular weight excluding hydrogens is 350 g/mol. The quantitative estimate of drug-likeness (QED) is 0.895. The summed E-state index contributed by atoms with van der Waals surface area (Å²) < 4.78 is 11.2. The lowest BCUT2D eigenvalue weighted by Gasteiger charge is -2.34. The van der Waals surface area contributed by atoms with Crippen molar-refractivity contribution in [3.63, 3.8) is 0 Å². The summed E-state index contributed by atoms with van der Waals surface area (Å²) in [6, 6.07) is 5.88. The van der Waals surface area contributed by atoms with E-state index in [9.17, 15) is 4.79 Å². The lowest BCUT2D eigenvalue weighted by Crippen LogP contribution is -2.45. The highest BCUT2D eigenvalue weighted by molar-refractivity contribution is 7.13. The maximum atomic E-state index is 12.8. The molecule has 138 valence electrons. The van der Waals surface area contributed by atoms with Gasteiger partial charge in [-0.3, -0.25) is 4.79 Å². The molecule has 2 unspecified atom stereocenters. The molecule has 2 aromatic rings. The second kappa shape index (κ2) is 7.25. The second-order valence-corrected chi connectivity index (χ2v) is 7.77. The molecule has 0 bridgehead atoms. The van der Waals surface area contributed by atoms with Crippen molar-refractivity contribution in [3.05, 3.63) is 29.3 Å². The molecule has 2 atom stereocenters. The summed E-state index contributed by atoms with van der Waals surface area (Å²) in [7, 11) is 0. The van der Waals surface area contributed by atoms with Crippen molar-refractivity contribution in [2.45, 2.75) is 25.8 Å². The first-order chi connectivity index (χ1) is 12.6. The Labute approximate surface area is 156 Å². The van der Waals surface area contributed by atoms with Crippen LogP contribution in [-0.4, -0.2) is 48.1 Å². The monoisotopic (exact) mass is 373 g/mol. The average molecular weight is 373 g/mol. The van der Waals surface area contributed by atoms with Gasteiger partial charge in [0.2, 0.25) is 0 Å². The summed E-state index contributed by atoms with van der Waals surface area (Å²) in [5.41, 5.74) is 7.47. The Balaban J connectivity index is 1.51. The standard InChI is InChI=1S/C19H23N3O3S/c1-12(20)14-3-2-6-22(10-14)19(23)15-11-26-18(21-15)13-4-5-16-17(9-13)25-8-7-24-16/h4-5,9,11-12,14H,2-3,6-8,10,20H2,1H3. The van der Waals surface area contributed by atoms with Crippen LogP contribution in [0.15, 0.2) is 23.6 Å². The minimum atomic E-state index is -0.00427. The number of rotatable bonds is 3. The fourth-order valence-electron chi connectivity index (χ4n) is 3.47. The van der Waals surface area contributed by atoms with Gasteiger partial charge in [0.1, 0.15) is 23.9 Å². The van der Waals surface area contributed by atoms with Gasteiger partial charge in [0.05, 0.1) is 0 Å². The van der Waals surface area contributed by atoms with Crippen LogP contribution in [0.4, 0.5) is 0 Å². The summed E-state index contributed by atoms with van der Waals surface area (Å²) in [6.07, 6.45) is 2.08. The lowest BCUT2D eigenvalue weighted by molar-refractivity contribution is 0.0656. The smallest absolute Gasteiger partial charge is 0.273 e. The number of nitrogens with zero attached hydrogens (tertiary/aromatic N) is 2. The Morgan fingerprint density at radius 2 is 2.15 bits per heavy atom. The van der Waals surface area contributed by atoms with Gasteiger partial charge in [-0.05, 0) is 43.9 Å². The molecule has 0 radical (unpaired) electrons. The number of carbonyl (C=O) groups is 1. The molecule has 26 heavy (non-hydrogen) atoms. The Bertz CT molecular complexity index is 805. The highest BCUT2D eigenvalue weighted by Gasteiger charge is 2.27. The third-order valence-corrected chi connectivity index (χ3v) is 5.89. The van der Waals surface area contributed by atoms with E-state index in [0.29, 0.717) is 31.4 Å². The van der Waals surface area contributed by atoms with Gasteiger partial charge in [-0.1, -0.05) is 0 Å². The van der Waals surface area contributed by atoms with Crippen LogP contribution in [0.3, 0.4) is 0 Å². The molecule has 7 heteroatoms. The predicted molar refractivity (Wildman–Crippen MR) is 101 cm³/mol. The largest absolute Gasteiger partial charge is 0.486 e. The van der Waals surface area contributed by atoms with E-state index >= 15 is 0 Å². The molecule has 0 aliphatic carbocycles. The molecule has 1 fully saturated rings. The molecule has 2 N–H and O–H groups in total. The number of ether oxygens (including phenoxy) is 2. The van der Waals surface area contributed by atoms with Gasteiger partial charge in [-0.15, -0.1) is 11.3 Å². The van der Waals surface area contributed by atoms with Crippen LogP contribution >= 0.6 is 11.3 Å². The van der Waals surface area contributed by atoms with Gasteiger partial charge in [0.25, 0.3) is 5.91 Å². The molecule has 0 saturated carbocycles. The second-order valence-electron chi connectivity index (χ2n) is 6.91. The number of piperidine rings is 1. The molecule has 2 aliphatic rings. The Hall–Kier alpha value is -2.12. The number of benzene rings is 1. The van der Waals surface area contributed by atoms with Crippen LogP contribution in [0.25, 0.3) is 10.6 Å². The van der Waals surface area contributed by atoms with Crippen LogP contribution in [0.1, 0.15) is 30.3 Å². The van der Waals surface area contributed by atoms with Gasteiger partial charge in [0.15, 0.2) is 11.5 Å². The van der Waals surface area contributed by atoms with E-state index in [4.69, 9.17) is 15.2 Å². The molecule has 1 aromatic carbocycles. The molecule has 1 saturated heterocycles. The Kier molecular flexibility index (Phi) is 4.82. The fraction of sp³-hybridized carbons (Fsp3) is 0.474. The predicted octanol–water partition coefficient (Wildman–Crippen LogP) is 2.78. The minimum absolute atomic E-state index is 0.00427. The Morgan fingerprint density at radius 3 is 2.96 bits per heavy atom. The van der Waals surface area contributed by atoms with Crippen LogP contribution in [0, 0.1) is 5.92 Å². The topological polar surface area (TPSA) is 77.7 Å². The number of amides is 1. The van der Waals surface area contributed by atoms with Gasteiger partial charge in [0, 0.05) is 30.1 Å². The summed E-state index contributed by atoms with van der Waals surface area (Å²) in [5, 5.41) is 2.65. The van der Waals surface area contributed by atoms with Crippen molar-refractivity contribution in [3.8, 4) is 22.1 Å². The average Bonchev–Trinajstić information content (AvgIpc) is 3.17. The van der Waals surface area contributed by atoms with E-state index in [1.165, 1.54) is 11.3 Å². The molecule has 6 nitrogen and oxygen atoms in total. The Morgan fingerprint density at radius 1 is 1.35 bits per heavy atom. The van der Waals surface area contributed by atoms with Crippen LogP contribution < -0.4 is 15.2 Å². The summed E-state index contributed by atoms with van der Waals surface area (Å²) in [4.78, 5) is 19.3. The first-order valence-electron chi connectivity index (χ1n) is 9.02. The number of carbonyl (C=O) groups excluding carboxylic acids is 1. The SMILES string of the molecule is CC(N)C1CCCN(C(=O)c2csc(-c3ccc4c(c3)OCCO4)n2)C1. The number of likely N-dealkylation sites (tertiary alicyclic amines) is 1. The number of thiazole rings is 1. The molecular formula is C19H23N3O3S. The number of aromatic nitrogens is 1. The molecule has 1 aromatic heterocycles. The van der Waals surface area contributed by atoms with Gasteiger partial charge in [-0.25, -0.2) is 4.98 Å². The maximum Gasteiger partial charge on any atom is 0.273 e. The molecule has 0 spiro atoms. The summed E-state index contributed by atoms with van der Waals surface area (Å²) in [6.45, 7) is 4.63. The number of fused-ring (bicyclic) bond motifs is 1. The van der Waals surface area contributed by atoms with Crippen molar-refractivity contribution < 1.29 is 14.3 Å². The maximum absolute atomic E-state index is 12.8. The zero-order valence-electron chi connectivity index (χ0n) is 14.8. The van der Waals surface area contributed by atoms with Gasteiger partial charge in [-0.2, -0.15) is 0 Å². The molecule has 2 aliphatic heterocycles. The van der Waals surface area contributed by atoms with Crippen molar-refractivity contribution in [1.82, 2.24) is 9.88 Å². The van der Waals surface area contributed by atoms with Crippen LogP contribution in [0.5, 0.6) is 11.5 Å². The summed E-state index contributed by atoms with van der Waals surface area (Å²) >= 11 is 1.47. The molecule has 3 heterocycles. The highest BCUT2D eigenvalue weighted by atomic mass is 32.1. The van der Waals surface area contributed by atoms with Gasteiger partial charge >= 0.3 is 0 Å². The van der Waals surface area contributed by atoms with E-state index in [0.717, 1.165) is 41.5 Å². The lowest BCUT2D eigenvalue weighted by atomic mass is 9.92. The van der Waals surface area contributed by atoms with Gasteiger partial charge < -0.3 is 20.1 Å². The van der Waals surface area contributed by atoms with Crippen molar-refractivity contribution in [2.75, 3.05) is 26.3 Å². The number of hydrogen-bond donors (Lipinski definition) is 1. The zero-order valence-corrected chi connectivity index (χ0v) is 15.6. The number of hydrogen-bond acceptors (Lipinski definition) is 6. The van der Waals surface area contributed by atoms with Crippen LogP contribution in [-0.2, 0) is 0 Å². The van der Waals surface area contributed by atoms with E-state index in [-0.39, 0.29) is 11.9 Å². The van der Waals surface area contributed by atoms with E-state index in [1.807, 2.05) is 35.4 Å². The normalized spacial score (nSPS) is 20.7. The minimum Gasteiger partial charge on any atom is -0.486 e. The zero-order chi connectivity index (χ0) is 18.1. The van der Waals surface area contributed by atoms with E-state index in [2.05, 4.69) is 4.98 Å². The van der Waals surface area contributed by atoms with Crippen molar-refractivity contribution >= 4 is 17.2 Å². The fourth-order valence-corrected chi connectivity index (χ4v) is 4.26. The highest BCUT2D eigenvalue weighted by Crippen LogP contribution is 2.35. The first-order valence-corrected chi connectivity index (χ1v) is 9.90. The first kappa shape index (κ1) is 17.3. The molecule has 1 amide bonds. The third-order valence-electron chi connectivity index (χ3n) is 5.00. The summed E-state index contributed by atoms with van der Waals surface area (Å²) in [5.74, 6) is 1.84. The van der Waals surface area contributed by atoms with Crippen LogP contribution in [0.2, 0.25) is 0 Å². The third kappa shape index (κ3) is 3.41. The number of nitrogens with two attached hydrogens (primary N) is 1.